The van der Waals surface area contributed by atoms with Crippen molar-refractivity contribution in [3.05, 3.63) is 63.9 Å². The van der Waals surface area contributed by atoms with Crippen molar-refractivity contribution in [2.75, 3.05) is 18.0 Å². The Kier molecular flexibility index (Phi) is 4.23. The Bertz CT molecular complexity index is 905. The molecular weight excluding hydrogens is 340 g/mol. The molecule has 25 heavy (non-hydrogen) atoms. The van der Waals surface area contributed by atoms with E-state index >= 15 is 0 Å². The molecule has 1 saturated heterocycles. The third kappa shape index (κ3) is 3.15. The number of piperidine rings is 1. The van der Waals surface area contributed by atoms with Crippen molar-refractivity contribution in [2.24, 2.45) is 0 Å². The van der Waals surface area contributed by atoms with E-state index in [0.29, 0.717) is 5.15 Å². The number of nitrogens with zero attached hydrogens (tertiary/aromatic N) is 5. The van der Waals surface area contributed by atoms with Gasteiger partial charge in [0, 0.05) is 19.0 Å². The number of nitrogens with one attached hydrogen (secondary N) is 1. The average Bonchev–Trinajstić information content (AvgIpc) is 3.05. The van der Waals surface area contributed by atoms with Gasteiger partial charge in [-0.1, -0.05) is 29.8 Å². The first-order valence-corrected chi connectivity index (χ1v) is 8.57. The molecule has 8 heteroatoms. The van der Waals surface area contributed by atoms with Crippen molar-refractivity contribution in [3.63, 3.8) is 0 Å². The summed E-state index contributed by atoms with van der Waals surface area (Å²) in [7, 11) is 0. The summed E-state index contributed by atoms with van der Waals surface area (Å²) in [6.45, 7) is 1.63. The smallest absolute Gasteiger partial charge is 0.347 e. The van der Waals surface area contributed by atoms with Gasteiger partial charge in [-0.2, -0.15) is 5.10 Å². The molecule has 1 aromatic carbocycles. The second-order valence-electron chi connectivity index (χ2n) is 6.06. The van der Waals surface area contributed by atoms with Gasteiger partial charge in [-0.05, 0) is 37.1 Å². The first-order chi connectivity index (χ1) is 12.2. The van der Waals surface area contributed by atoms with Gasteiger partial charge in [0.25, 0.3) is 0 Å². The lowest BCUT2D eigenvalue weighted by Gasteiger charge is -2.32. The molecule has 0 saturated carbocycles. The monoisotopic (exact) mass is 356 g/mol. The van der Waals surface area contributed by atoms with E-state index < -0.39 is 0 Å². The third-order valence-electron chi connectivity index (χ3n) is 4.44. The van der Waals surface area contributed by atoms with Crippen LogP contribution >= 0.6 is 11.6 Å². The second-order valence-corrected chi connectivity index (χ2v) is 6.44. The predicted molar refractivity (Wildman–Crippen MR) is 95.4 cm³/mol. The number of aromatic amines is 1. The van der Waals surface area contributed by atoms with Gasteiger partial charge in [-0.3, -0.25) is 0 Å². The maximum absolute atomic E-state index is 12.3. The highest BCUT2D eigenvalue weighted by atomic mass is 35.5. The summed E-state index contributed by atoms with van der Waals surface area (Å²) in [6.07, 6.45) is 1.96. The molecule has 4 rings (SSSR count). The molecule has 7 nitrogen and oxygen atoms in total. The van der Waals surface area contributed by atoms with Crippen molar-refractivity contribution in [2.45, 2.75) is 18.8 Å². The minimum Gasteiger partial charge on any atom is -0.354 e. The number of para-hydroxylation sites is 1. The van der Waals surface area contributed by atoms with Crippen LogP contribution in [0.1, 0.15) is 24.6 Å². The van der Waals surface area contributed by atoms with Gasteiger partial charge in [0.2, 0.25) is 0 Å². The van der Waals surface area contributed by atoms with E-state index in [1.54, 1.807) is 10.6 Å². The summed E-state index contributed by atoms with van der Waals surface area (Å²) in [5.41, 5.74) is 0.601. The molecule has 0 spiro atoms. The highest BCUT2D eigenvalue weighted by Crippen LogP contribution is 2.28. The van der Waals surface area contributed by atoms with Gasteiger partial charge in [0.1, 0.15) is 5.82 Å². The number of halogens is 1. The van der Waals surface area contributed by atoms with Crippen LogP contribution in [-0.4, -0.2) is 38.1 Å². The van der Waals surface area contributed by atoms with Crippen LogP contribution in [0.4, 0.5) is 5.82 Å². The predicted octanol–water partition coefficient (Wildman–Crippen LogP) is 2.39. The Labute approximate surface area is 149 Å². The number of hydrogen-bond donors (Lipinski definition) is 1. The SMILES string of the molecule is O=c1[nH]nc(C2CCCN(c3ccc(Cl)nn3)C2)n1-c1ccccc1. The van der Waals surface area contributed by atoms with E-state index in [-0.39, 0.29) is 11.6 Å². The van der Waals surface area contributed by atoms with E-state index in [9.17, 15) is 4.79 Å². The lowest BCUT2D eigenvalue weighted by atomic mass is 9.97. The van der Waals surface area contributed by atoms with Crippen molar-refractivity contribution >= 4 is 17.4 Å². The minimum atomic E-state index is -0.218. The first-order valence-electron chi connectivity index (χ1n) is 8.19. The summed E-state index contributed by atoms with van der Waals surface area (Å²) < 4.78 is 1.65. The molecule has 1 aliphatic rings. The quantitative estimate of drug-likeness (QED) is 0.779. The molecule has 0 radical (unpaired) electrons. The molecule has 0 aliphatic carbocycles. The van der Waals surface area contributed by atoms with Gasteiger partial charge in [-0.15, -0.1) is 10.2 Å². The summed E-state index contributed by atoms with van der Waals surface area (Å²) >= 11 is 5.82. The molecule has 1 fully saturated rings. The Hall–Kier alpha value is -2.67. The molecule has 1 N–H and O–H groups in total. The van der Waals surface area contributed by atoms with Crippen LogP contribution in [0.15, 0.2) is 47.3 Å². The normalized spacial score (nSPS) is 17.6. The summed E-state index contributed by atoms with van der Waals surface area (Å²) in [6, 6.07) is 13.2. The molecule has 2 aromatic heterocycles. The summed E-state index contributed by atoms with van der Waals surface area (Å²) in [4.78, 5) is 14.4. The van der Waals surface area contributed by atoms with Crippen LogP contribution in [0.2, 0.25) is 5.15 Å². The van der Waals surface area contributed by atoms with Gasteiger partial charge < -0.3 is 4.90 Å². The van der Waals surface area contributed by atoms with E-state index in [2.05, 4.69) is 25.3 Å². The van der Waals surface area contributed by atoms with Crippen molar-refractivity contribution < 1.29 is 0 Å². The minimum absolute atomic E-state index is 0.130. The van der Waals surface area contributed by atoms with E-state index in [4.69, 9.17) is 11.6 Å². The number of aromatic nitrogens is 5. The van der Waals surface area contributed by atoms with Crippen LogP contribution in [0.25, 0.3) is 5.69 Å². The zero-order valence-electron chi connectivity index (χ0n) is 13.5. The number of hydrogen-bond acceptors (Lipinski definition) is 5. The van der Waals surface area contributed by atoms with Crippen LogP contribution in [0.5, 0.6) is 0 Å². The van der Waals surface area contributed by atoms with E-state index in [0.717, 1.165) is 43.3 Å². The zero-order chi connectivity index (χ0) is 17.2. The number of rotatable bonds is 3. The molecule has 0 amide bonds. The average molecular weight is 357 g/mol. The largest absolute Gasteiger partial charge is 0.354 e. The Morgan fingerprint density at radius 1 is 1.12 bits per heavy atom. The number of H-pyrrole nitrogens is 1. The highest BCUT2D eigenvalue weighted by Gasteiger charge is 2.27. The first kappa shape index (κ1) is 15.8. The molecule has 3 heterocycles. The van der Waals surface area contributed by atoms with Crippen molar-refractivity contribution in [1.82, 2.24) is 25.0 Å². The Balaban J connectivity index is 1.64. The summed E-state index contributed by atoms with van der Waals surface area (Å²) in [5.74, 6) is 1.67. The molecule has 1 aliphatic heterocycles. The number of anilines is 1. The molecular formula is C17H17ClN6O. The standard InChI is InChI=1S/C17H17ClN6O/c18-14-8-9-15(20-19-14)23-10-4-5-12(11-23)16-21-22-17(25)24(16)13-6-2-1-3-7-13/h1-3,6-9,12H,4-5,10-11H2,(H,22,25). The van der Waals surface area contributed by atoms with Crippen LogP contribution in [0, 0.1) is 0 Å². The zero-order valence-corrected chi connectivity index (χ0v) is 14.2. The Morgan fingerprint density at radius 2 is 1.96 bits per heavy atom. The molecule has 1 unspecified atom stereocenters. The summed E-state index contributed by atoms with van der Waals surface area (Å²) in [5, 5.41) is 15.3. The topological polar surface area (TPSA) is 79.7 Å². The molecule has 1 atom stereocenters. The second kappa shape index (κ2) is 6.68. The maximum Gasteiger partial charge on any atom is 0.347 e. The van der Waals surface area contributed by atoms with E-state index in [1.807, 2.05) is 36.4 Å². The lowest BCUT2D eigenvalue weighted by molar-refractivity contribution is 0.482. The molecule has 0 bridgehead atoms. The van der Waals surface area contributed by atoms with Crippen LogP contribution in [-0.2, 0) is 0 Å². The highest BCUT2D eigenvalue weighted by molar-refractivity contribution is 6.29. The molecule has 3 aromatic rings. The van der Waals surface area contributed by atoms with Crippen molar-refractivity contribution in [3.8, 4) is 5.69 Å². The van der Waals surface area contributed by atoms with Gasteiger partial charge in [0.05, 0.1) is 5.69 Å². The maximum atomic E-state index is 12.3. The van der Waals surface area contributed by atoms with Crippen molar-refractivity contribution in [1.29, 1.82) is 0 Å². The fourth-order valence-corrected chi connectivity index (χ4v) is 3.38. The number of benzene rings is 1. The third-order valence-corrected chi connectivity index (χ3v) is 4.64. The Morgan fingerprint density at radius 3 is 2.72 bits per heavy atom. The lowest BCUT2D eigenvalue weighted by Crippen LogP contribution is -2.36. The van der Waals surface area contributed by atoms with Gasteiger partial charge >= 0.3 is 5.69 Å². The van der Waals surface area contributed by atoms with E-state index in [1.165, 1.54) is 0 Å². The van der Waals surface area contributed by atoms with Gasteiger partial charge in [0.15, 0.2) is 11.0 Å². The molecule has 128 valence electrons. The van der Waals surface area contributed by atoms with Crippen LogP contribution in [0.3, 0.4) is 0 Å². The fourth-order valence-electron chi connectivity index (χ4n) is 3.28. The fraction of sp³-hybridized carbons (Fsp3) is 0.294. The van der Waals surface area contributed by atoms with Crippen LogP contribution < -0.4 is 10.6 Å². The van der Waals surface area contributed by atoms with Gasteiger partial charge in [-0.25, -0.2) is 14.5 Å².